The van der Waals surface area contributed by atoms with Crippen LogP contribution < -0.4 is 0 Å². The predicted molar refractivity (Wildman–Crippen MR) is 115 cm³/mol. The molecule has 0 saturated heterocycles. The van der Waals surface area contributed by atoms with Gasteiger partial charge in [-0.2, -0.15) is 0 Å². The van der Waals surface area contributed by atoms with Crippen molar-refractivity contribution in [2.24, 2.45) is 5.16 Å². The summed E-state index contributed by atoms with van der Waals surface area (Å²) in [6, 6.07) is 15.5. The summed E-state index contributed by atoms with van der Waals surface area (Å²) in [5, 5.41) is 17.2. The molecule has 29 heavy (non-hydrogen) atoms. The van der Waals surface area contributed by atoms with E-state index in [9.17, 15) is 10.1 Å². The lowest BCUT2D eigenvalue weighted by atomic mass is 10.1. The molecule has 1 heterocycles. The first-order valence-corrected chi connectivity index (χ1v) is 10.00. The number of oxime groups is 1. The van der Waals surface area contributed by atoms with Gasteiger partial charge < -0.3 is 4.84 Å². The van der Waals surface area contributed by atoms with Crippen molar-refractivity contribution in [1.29, 1.82) is 0 Å². The second-order valence-electron chi connectivity index (χ2n) is 5.86. The number of hydrogen-bond acceptors (Lipinski definition) is 6. The Hall–Kier alpha value is -2.61. The van der Waals surface area contributed by atoms with Gasteiger partial charge in [0, 0.05) is 33.4 Å². The van der Waals surface area contributed by atoms with Crippen LogP contribution in [0, 0.1) is 10.1 Å². The molecular formula is C20H15Cl2N3O3S. The number of rotatable bonds is 7. The SMILES string of the molecule is C/C(=N\OCc1c(Cl)cccc1Cl)c1ccc(Sc2ccccn2)c([N+](=O)[O-])c1. The van der Waals surface area contributed by atoms with E-state index in [1.54, 1.807) is 55.6 Å². The van der Waals surface area contributed by atoms with Crippen LogP contribution >= 0.6 is 35.0 Å². The lowest BCUT2D eigenvalue weighted by molar-refractivity contribution is -0.387. The molecule has 0 saturated carbocycles. The summed E-state index contributed by atoms with van der Waals surface area (Å²) in [6.45, 7) is 1.80. The highest BCUT2D eigenvalue weighted by Gasteiger charge is 2.17. The van der Waals surface area contributed by atoms with Crippen molar-refractivity contribution in [3.63, 3.8) is 0 Å². The van der Waals surface area contributed by atoms with Gasteiger partial charge in [0.2, 0.25) is 0 Å². The first-order chi connectivity index (χ1) is 14.0. The average Bonchev–Trinajstić information content (AvgIpc) is 2.71. The third kappa shape index (κ3) is 5.47. The molecule has 9 heteroatoms. The van der Waals surface area contributed by atoms with Gasteiger partial charge in [0.05, 0.1) is 15.5 Å². The normalized spacial score (nSPS) is 11.3. The number of aromatic nitrogens is 1. The molecule has 6 nitrogen and oxygen atoms in total. The zero-order valence-corrected chi connectivity index (χ0v) is 17.5. The molecule has 0 radical (unpaired) electrons. The zero-order valence-electron chi connectivity index (χ0n) is 15.2. The van der Waals surface area contributed by atoms with Gasteiger partial charge in [0.1, 0.15) is 11.6 Å². The Morgan fingerprint density at radius 2 is 1.93 bits per heavy atom. The monoisotopic (exact) mass is 447 g/mol. The van der Waals surface area contributed by atoms with Crippen molar-refractivity contribution < 1.29 is 9.76 Å². The van der Waals surface area contributed by atoms with Gasteiger partial charge >= 0.3 is 0 Å². The molecule has 0 unspecified atom stereocenters. The molecule has 0 aliphatic heterocycles. The minimum atomic E-state index is -0.424. The summed E-state index contributed by atoms with van der Waals surface area (Å²) in [6.07, 6.45) is 1.64. The Morgan fingerprint density at radius 3 is 2.59 bits per heavy atom. The number of nitro groups is 1. The average molecular weight is 448 g/mol. The summed E-state index contributed by atoms with van der Waals surface area (Å²) in [4.78, 5) is 21.2. The van der Waals surface area contributed by atoms with E-state index in [0.29, 0.717) is 36.8 Å². The Bertz CT molecular complexity index is 1040. The van der Waals surface area contributed by atoms with Gasteiger partial charge in [-0.25, -0.2) is 4.98 Å². The molecule has 0 amide bonds. The molecule has 0 aliphatic rings. The molecule has 2 aromatic carbocycles. The number of nitrogens with zero attached hydrogens (tertiary/aromatic N) is 3. The van der Waals surface area contributed by atoms with E-state index >= 15 is 0 Å². The van der Waals surface area contributed by atoms with Gasteiger partial charge in [-0.3, -0.25) is 10.1 Å². The van der Waals surface area contributed by atoms with Crippen molar-refractivity contribution in [2.45, 2.75) is 23.5 Å². The first-order valence-electron chi connectivity index (χ1n) is 8.43. The predicted octanol–water partition coefficient (Wildman–Crippen LogP) is 6.39. The molecule has 3 aromatic rings. The summed E-state index contributed by atoms with van der Waals surface area (Å²) in [7, 11) is 0. The Kier molecular flexibility index (Phi) is 7.09. The Labute approximate surface area is 181 Å². The molecule has 1 aromatic heterocycles. The first kappa shape index (κ1) is 21.1. The molecule has 148 valence electrons. The number of halogens is 2. The summed E-state index contributed by atoms with van der Waals surface area (Å²) in [5.74, 6) is 0. The number of hydrogen-bond donors (Lipinski definition) is 0. The van der Waals surface area contributed by atoms with E-state index in [2.05, 4.69) is 10.1 Å². The van der Waals surface area contributed by atoms with E-state index in [-0.39, 0.29) is 12.3 Å². The molecule has 3 rings (SSSR count). The van der Waals surface area contributed by atoms with E-state index in [0.717, 1.165) is 0 Å². The lowest BCUT2D eigenvalue weighted by Gasteiger charge is -2.07. The van der Waals surface area contributed by atoms with E-state index < -0.39 is 4.92 Å². The van der Waals surface area contributed by atoms with Crippen LogP contribution in [-0.2, 0) is 11.4 Å². The molecule has 0 aliphatic carbocycles. The van der Waals surface area contributed by atoms with Crippen LogP contribution in [0.5, 0.6) is 0 Å². The van der Waals surface area contributed by atoms with Crippen molar-refractivity contribution >= 4 is 46.4 Å². The van der Waals surface area contributed by atoms with E-state index in [1.807, 2.05) is 6.07 Å². The van der Waals surface area contributed by atoms with Crippen molar-refractivity contribution in [1.82, 2.24) is 4.98 Å². The second-order valence-corrected chi connectivity index (χ2v) is 7.74. The van der Waals surface area contributed by atoms with Crippen LogP contribution in [0.3, 0.4) is 0 Å². The van der Waals surface area contributed by atoms with Crippen molar-refractivity contribution in [2.75, 3.05) is 0 Å². The van der Waals surface area contributed by atoms with Gasteiger partial charge in [-0.15, -0.1) is 0 Å². The maximum absolute atomic E-state index is 11.5. The molecule has 0 spiro atoms. The minimum Gasteiger partial charge on any atom is -0.391 e. The Balaban J connectivity index is 1.78. The highest BCUT2D eigenvalue weighted by molar-refractivity contribution is 7.99. The zero-order chi connectivity index (χ0) is 20.8. The highest BCUT2D eigenvalue weighted by atomic mass is 35.5. The Morgan fingerprint density at radius 1 is 1.17 bits per heavy atom. The largest absolute Gasteiger partial charge is 0.391 e. The fourth-order valence-electron chi connectivity index (χ4n) is 2.41. The van der Waals surface area contributed by atoms with E-state index in [1.165, 1.54) is 17.8 Å². The number of nitro benzene ring substituents is 1. The highest BCUT2D eigenvalue weighted by Crippen LogP contribution is 2.34. The van der Waals surface area contributed by atoms with Crippen LogP contribution in [0.4, 0.5) is 5.69 Å². The van der Waals surface area contributed by atoms with Gasteiger partial charge in [-0.05, 0) is 37.3 Å². The second kappa shape index (κ2) is 9.73. The van der Waals surface area contributed by atoms with Crippen LogP contribution in [0.25, 0.3) is 0 Å². The summed E-state index contributed by atoms with van der Waals surface area (Å²) >= 11 is 13.4. The molecule has 0 bridgehead atoms. The topological polar surface area (TPSA) is 77.6 Å². The molecule has 0 fully saturated rings. The summed E-state index contributed by atoms with van der Waals surface area (Å²) < 4.78 is 0. The summed E-state index contributed by atoms with van der Waals surface area (Å²) in [5.41, 5.74) is 1.67. The number of benzene rings is 2. The van der Waals surface area contributed by atoms with Crippen LogP contribution in [0.2, 0.25) is 10.0 Å². The maximum Gasteiger partial charge on any atom is 0.283 e. The smallest absolute Gasteiger partial charge is 0.283 e. The molecule has 0 atom stereocenters. The maximum atomic E-state index is 11.5. The number of pyridine rings is 1. The standard InChI is InChI=1S/C20H15Cl2N3O3S/c1-13(24-28-12-15-16(21)5-4-6-17(15)22)14-8-9-19(18(11-14)25(26)27)29-20-7-2-3-10-23-20/h2-11H,12H2,1H3/b24-13+. The quantitative estimate of drug-likeness (QED) is 0.238. The van der Waals surface area contributed by atoms with Gasteiger partial charge in [-0.1, -0.05) is 58.3 Å². The molecular weight excluding hydrogens is 433 g/mol. The van der Waals surface area contributed by atoms with Gasteiger partial charge in [0.25, 0.3) is 5.69 Å². The minimum absolute atomic E-state index is 0.0261. The lowest BCUT2D eigenvalue weighted by Crippen LogP contribution is -2.00. The fraction of sp³-hybridized carbons (Fsp3) is 0.100. The van der Waals surface area contributed by atoms with Crippen LogP contribution in [-0.4, -0.2) is 15.6 Å². The van der Waals surface area contributed by atoms with Crippen LogP contribution in [0.1, 0.15) is 18.1 Å². The third-order valence-corrected chi connectivity index (χ3v) is 5.62. The van der Waals surface area contributed by atoms with Crippen LogP contribution in [0.15, 0.2) is 75.9 Å². The van der Waals surface area contributed by atoms with Crippen molar-refractivity contribution in [3.8, 4) is 0 Å². The van der Waals surface area contributed by atoms with Crippen molar-refractivity contribution in [3.05, 3.63) is 92.1 Å². The molecule has 0 N–H and O–H groups in total. The third-order valence-electron chi connectivity index (χ3n) is 3.90. The fourth-order valence-corrected chi connectivity index (χ4v) is 3.77. The van der Waals surface area contributed by atoms with Gasteiger partial charge in [0.15, 0.2) is 0 Å². The van der Waals surface area contributed by atoms with E-state index in [4.69, 9.17) is 28.0 Å².